The molecule has 2 unspecified atom stereocenters. The summed E-state index contributed by atoms with van der Waals surface area (Å²) in [5.74, 6) is 0.476. The van der Waals surface area contributed by atoms with Gasteiger partial charge in [0, 0.05) is 0 Å². The topological polar surface area (TPSA) is 23.6 Å². The highest BCUT2D eigenvalue weighted by Crippen LogP contribution is 2.22. The van der Waals surface area contributed by atoms with Crippen molar-refractivity contribution in [2.45, 2.75) is 50.6 Å². The molecule has 0 radical (unpaired) electrons. The predicted octanol–water partition coefficient (Wildman–Crippen LogP) is 1.52. The molecule has 2 fully saturated rings. The molecule has 3 nitrogen and oxygen atoms in total. The molecule has 0 N–H and O–H groups in total. The van der Waals surface area contributed by atoms with Crippen LogP contribution in [0.3, 0.4) is 0 Å². The van der Waals surface area contributed by atoms with Gasteiger partial charge in [-0.3, -0.25) is 14.6 Å². The number of Topliss-reactive ketones (excluding diaryl/α,β-unsaturated/α-hetero) is 1. The van der Waals surface area contributed by atoms with E-state index in [0.717, 1.165) is 25.9 Å². The van der Waals surface area contributed by atoms with Gasteiger partial charge in [-0.1, -0.05) is 12.8 Å². The van der Waals surface area contributed by atoms with Crippen molar-refractivity contribution in [1.29, 1.82) is 0 Å². The number of nitrogens with zero attached hydrogens (tertiary/aromatic N) is 2. The van der Waals surface area contributed by atoms with Gasteiger partial charge < -0.3 is 0 Å². The standard InChI is InChI=1S/C13H24N2O/c1-14-9-5-3-7-11(14)13(16)12-8-4-6-10-15(12)2/h11-12H,3-10H2,1-2H3. The molecule has 2 aliphatic rings. The zero-order chi connectivity index (χ0) is 11.5. The second kappa shape index (κ2) is 5.28. The first-order valence-electron chi connectivity index (χ1n) is 6.64. The molecule has 0 aliphatic carbocycles. The normalized spacial score (nSPS) is 33.9. The van der Waals surface area contributed by atoms with E-state index in [1.807, 2.05) is 0 Å². The van der Waals surface area contributed by atoms with Crippen molar-refractivity contribution in [1.82, 2.24) is 9.80 Å². The Morgan fingerprint density at radius 1 is 0.875 bits per heavy atom. The largest absolute Gasteiger partial charge is 0.297 e. The van der Waals surface area contributed by atoms with E-state index in [2.05, 4.69) is 23.9 Å². The summed E-state index contributed by atoms with van der Waals surface area (Å²) in [4.78, 5) is 17.0. The van der Waals surface area contributed by atoms with Gasteiger partial charge in [-0.05, 0) is 52.9 Å². The Labute approximate surface area is 98.8 Å². The molecular weight excluding hydrogens is 200 g/mol. The minimum atomic E-state index is 0.194. The summed E-state index contributed by atoms with van der Waals surface area (Å²) in [5, 5.41) is 0. The van der Waals surface area contributed by atoms with Crippen LogP contribution in [-0.4, -0.2) is 54.9 Å². The van der Waals surface area contributed by atoms with Crippen LogP contribution in [0.1, 0.15) is 38.5 Å². The van der Waals surface area contributed by atoms with Crippen LogP contribution in [0.4, 0.5) is 0 Å². The fourth-order valence-corrected chi connectivity index (χ4v) is 3.09. The zero-order valence-electron chi connectivity index (χ0n) is 10.6. The first-order chi connectivity index (χ1) is 7.70. The first-order valence-corrected chi connectivity index (χ1v) is 6.64. The maximum Gasteiger partial charge on any atom is 0.166 e. The highest BCUT2D eigenvalue weighted by atomic mass is 16.1. The van der Waals surface area contributed by atoms with Gasteiger partial charge >= 0.3 is 0 Å². The smallest absolute Gasteiger partial charge is 0.166 e. The summed E-state index contributed by atoms with van der Waals surface area (Å²) >= 11 is 0. The average molecular weight is 224 g/mol. The number of carbonyl (C=O) groups excluding carboxylic acids is 1. The zero-order valence-corrected chi connectivity index (χ0v) is 10.6. The lowest BCUT2D eigenvalue weighted by molar-refractivity contribution is -0.130. The molecule has 3 heteroatoms. The van der Waals surface area contributed by atoms with Crippen molar-refractivity contribution in [2.24, 2.45) is 0 Å². The Morgan fingerprint density at radius 2 is 1.31 bits per heavy atom. The molecule has 0 saturated carbocycles. The van der Waals surface area contributed by atoms with Crippen molar-refractivity contribution in [3.05, 3.63) is 0 Å². The third-order valence-corrected chi connectivity index (χ3v) is 4.20. The van der Waals surface area contributed by atoms with Crippen molar-refractivity contribution >= 4 is 5.78 Å². The van der Waals surface area contributed by atoms with Crippen LogP contribution in [0.2, 0.25) is 0 Å². The van der Waals surface area contributed by atoms with Gasteiger partial charge in [-0.25, -0.2) is 0 Å². The fourth-order valence-electron chi connectivity index (χ4n) is 3.09. The first kappa shape index (κ1) is 12.1. The SMILES string of the molecule is CN1CCCCC1C(=O)C1CCCCN1C. The van der Waals surface area contributed by atoms with E-state index in [1.165, 1.54) is 25.7 Å². The molecule has 2 heterocycles. The van der Waals surface area contributed by atoms with Gasteiger partial charge in [0.2, 0.25) is 0 Å². The van der Waals surface area contributed by atoms with E-state index < -0.39 is 0 Å². The van der Waals surface area contributed by atoms with Gasteiger partial charge in [-0.15, -0.1) is 0 Å². The third-order valence-electron chi connectivity index (χ3n) is 4.20. The van der Waals surface area contributed by atoms with Crippen LogP contribution in [0.25, 0.3) is 0 Å². The number of likely N-dealkylation sites (N-methyl/N-ethyl adjacent to an activating group) is 2. The maximum absolute atomic E-state index is 12.5. The van der Waals surface area contributed by atoms with Gasteiger partial charge in [0.15, 0.2) is 5.78 Å². The number of ketones is 1. The highest BCUT2D eigenvalue weighted by Gasteiger charge is 2.34. The molecule has 0 spiro atoms. The van der Waals surface area contributed by atoms with Crippen molar-refractivity contribution in [3.63, 3.8) is 0 Å². The lowest BCUT2D eigenvalue weighted by Gasteiger charge is -2.38. The van der Waals surface area contributed by atoms with Crippen LogP contribution in [0.5, 0.6) is 0 Å². The van der Waals surface area contributed by atoms with E-state index in [0.29, 0.717) is 5.78 Å². The van der Waals surface area contributed by atoms with Crippen LogP contribution >= 0.6 is 0 Å². The van der Waals surface area contributed by atoms with Crippen LogP contribution in [0, 0.1) is 0 Å². The van der Waals surface area contributed by atoms with Gasteiger partial charge in [0.25, 0.3) is 0 Å². The molecule has 92 valence electrons. The highest BCUT2D eigenvalue weighted by molar-refractivity contribution is 5.89. The molecule has 16 heavy (non-hydrogen) atoms. The van der Waals surface area contributed by atoms with Crippen LogP contribution in [0.15, 0.2) is 0 Å². The number of likely N-dealkylation sites (tertiary alicyclic amines) is 2. The number of rotatable bonds is 2. The Morgan fingerprint density at radius 3 is 1.69 bits per heavy atom. The van der Waals surface area contributed by atoms with E-state index >= 15 is 0 Å². The number of carbonyl (C=O) groups is 1. The summed E-state index contributed by atoms with van der Waals surface area (Å²) in [5.41, 5.74) is 0. The minimum Gasteiger partial charge on any atom is -0.297 e. The van der Waals surface area contributed by atoms with E-state index in [1.54, 1.807) is 0 Å². The minimum absolute atomic E-state index is 0.194. The molecule has 2 atom stereocenters. The molecule has 2 saturated heterocycles. The summed E-state index contributed by atoms with van der Waals surface area (Å²) in [7, 11) is 4.20. The molecule has 2 rings (SSSR count). The van der Waals surface area contributed by atoms with E-state index in [9.17, 15) is 4.79 Å². The quantitative estimate of drug-likeness (QED) is 0.710. The monoisotopic (exact) mass is 224 g/mol. The molecule has 0 bridgehead atoms. The van der Waals surface area contributed by atoms with E-state index in [4.69, 9.17) is 0 Å². The summed E-state index contributed by atoms with van der Waals surface area (Å²) in [6, 6.07) is 0.388. The third kappa shape index (κ3) is 2.46. The fraction of sp³-hybridized carbons (Fsp3) is 0.923. The second-order valence-corrected chi connectivity index (χ2v) is 5.39. The Hall–Kier alpha value is -0.410. The molecule has 2 aliphatic heterocycles. The van der Waals surface area contributed by atoms with Crippen molar-refractivity contribution in [3.8, 4) is 0 Å². The lowest BCUT2D eigenvalue weighted by atomic mass is 9.90. The summed E-state index contributed by atoms with van der Waals surface area (Å²) in [6.45, 7) is 2.18. The predicted molar refractivity (Wildman–Crippen MR) is 65.5 cm³/mol. The maximum atomic E-state index is 12.5. The lowest BCUT2D eigenvalue weighted by Crippen LogP contribution is -2.52. The summed E-state index contributed by atoms with van der Waals surface area (Å²) < 4.78 is 0. The van der Waals surface area contributed by atoms with Gasteiger partial charge in [0.05, 0.1) is 12.1 Å². The van der Waals surface area contributed by atoms with Crippen LogP contribution in [-0.2, 0) is 4.79 Å². The number of piperidine rings is 2. The Kier molecular flexibility index (Phi) is 3.98. The molecule has 0 aromatic carbocycles. The van der Waals surface area contributed by atoms with E-state index in [-0.39, 0.29) is 12.1 Å². The second-order valence-electron chi connectivity index (χ2n) is 5.39. The Balaban J connectivity index is 1.99. The van der Waals surface area contributed by atoms with Crippen molar-refractivity contribution < 1.29 is 4.79 Å². The van der Waals surface area contributed by atoms with Gasteiger partial charge in [0.1, 0.15) is 0 Å². The number of hydrogen-bond donors (Lipinski definition) is 0. The molecular formula is C13H24N2O. The summed E-state index contributed by atoms with van der Waals surface area (Å²) in [6.07, 6.45) is 7.08. The van der Waals surface area contributed by atoms with Gasteiger partial charge in [-0.2, -0.15) is 0 Å². The average Bonchev–Trinajstić information content (AvgIpc) is 2.29. The number of hydrogen-bond acceptors (Lipinski definition) is 3. The molecule has 0 amide bonds. The molecule has 0 aromatic heterocycles. The molecule has 0 aromatic rings. The Bertz CT molecular complexity index is 230. The van der Waals surface area contributed by atoms with Crippen molar-refractivity contribution in [2.75, 3.05) is 27.2 Å². The van der Waals surface area contributed by atoms with Crippen LogP contribution < -0.4 is 0 Å².